The van der Waals surface area contributed by atoms with Crippen LogP contribution in [-0.2, 0) is 14.9 Å². The molecule has 27 heavy (non-hydrogen) atoms. The molecular weight excluding hydrogens is 381 g/mol. The van der Waals surface area contributed by atoms with Gasteiger partial charge in [-0.1, -0.05) is 74.0 Å². The van der Waals surface area contributed by atoms with Gasteiger partial charge in [-0.25, -0.2) is 0 Å². The molecule has 0 amide bonds. The van der Waals surface area contributed by atoms with Gasteiger partial charge in [0, 0.05) is 19.0 Å². The maximum absolute atomic E-state index is 13.3. The van der Waals surface area contributed by atoms with Crippen LogP contribution in [0.2, 0.25) is 0 Å². The number of halogens is 2. The van der Waals surface area contributed by atoms with E-state index in [0.717, 1.165) is 24.1 Å². The second kappa shape index (κ2) is 12.0. The smallest absolute Gasteiger partial charge is 0.321 e. The molecule has 0 N–H and O–H groups in total. The number of nitrogens with zero attached hydrogens (tertiary/aromatic N) is 1. The summed E-state index contributed by atoms with van der Waals surface area (Å²) in [4.78, 5) is 15.4. The number of benzene rings is 2. The Morgan fingerprint density at radius 3 is 1.96 bits per heavy atom. The van der Waals surface area contributed by atoms with Crippen molar-refractivity contribution in [2.45, 2.75) is 25.2 Å². The van der Waals surface area contributed by atoms with E-state index in [-0.39, 0.29) is 18.4 Å². The molecule has 0 aliphatic carbocycles. The SMILES string of the molecule is CCCC(C(=O)OCCN(C)CCCl)(c1ccccc1)c1ccccc1.Cl. The molecule has 0 aromatic heterocycles. The van der Waals surface area contributed by atoms with Crippen molar-refractivity contribution in [3.05, 3.63) is 71.8 Å². The summed E-state index contributed by atoms with van der Waals surface area (Å²) < 4.78 is 5.76. The number of ether oxygens (including phenoxy) is 1. The summed E-state index contributed by atoms with van der Waals surface area (Å²) in [5.74, 6) is 0.383. The third-order valence-corrected chi connectivity index (χ3v) is 4.85. The summed E-state index contributed by atoms with van der Waals surface area (Å²) in [7, 11) is 1.98. The zero-order valence-corrected chi connectivity index (χ0v) is 17.6. The lowest BCUT2D eigenvalue weighted by Crippen LogP contribution is -2.40. The highest BCUT2D eigenvalue weighted by atomic mass is 35.5. The van der Waals surface area contributed by atoms with Crippen molar-refractivity contribution in [2.24, 2.45) is 0 Å². The van der Waals surface area contributed by atoms with Gasteiger partial charge in [-0.3, -0.25) is 4.79 Å². The molecule has 0 radical (unpaired) electrons. The van der Waals surface area contributed by atoms with Crippen LogP contribution in [0.25, 0.3) is 0 Å². The zero-order valence-electron chi connectivity index (χ0n) is 16.1. The third-order valence-electron chi connectivity index (χ3n) is 4.68. The van der Waals surface area contributed by atoms with E-state index in [4.69, 9.17) is 16.3 Å². The highest BCUT2D eigenvalue weighted by Crippen LogP contribution is 2.38. The van der Waals surface area contributed by atoms with Crippen LogP contribution in [0.4, 0.5) is 0 Å². The van der Waals surface area contributed by atoms with Crippen molar-refractivity contribution in [2.75, 3.05) is 32.6 Å². The lowest BCUT2D eigenvalue weighted by atomic mass is 9.71. The molecule has 0 unspecified atom stereocenters. The van der Waals surface area contributed by atoms with Gasteiger partial charge in [0.05, 0.1) is 0 Å². The van der Waals surface area contributed by atoms with Gasteiger partial charge in [0.15, 0.2) is 0 Å². The largest absolute Gasteiger partial charge is 0.463 e. The molecule has 2 aromatic rings. The molecule has 2 aromatic carbocycles. The first kappa shape index (κ1) is 23.5. The van der Waals surface area contributed by atoms with E-state index in [0.29, 0.717) is 25.5 Å². The fourth-order valence-corrected chi connectivity index (χ4v) is 3.58. The molecule has 0 saturated carbocycles. The summed E-state index contributed by atoms with van der Waals surface area (Å²) in [5, 5.41) is 0. The molecule has 0 aliphatic heterocycles. The van der Waals surface area contributed by atoms with Crippen molar-refractivity contribution in [3.8, 4) is 0 Å². The van der Waals surface area contributed by atoms with Gasteiger partial charge in [0.25, 0.3) is 0 Å². The molecule has 0 heterocycles. The minimum Gasteiger partial charge on any atom is -0.463 e. The molecule has 0 fully saturated rings. The standard InChI is InChI=1S/C22H28ClNO2.ClH/c1-3-14-22(19-10-6-4-7-11-19,20-12-8-5-9-13-20)21(25)26-18-17-24(2)16-15-23;/h4-13H,3,14-18H2,1-2H3;1H. The summed E-state index contributed by atoms with van der Waals surface area (Å²) in [6.45, 7) is 3.90. The maximum Gasteiger partial charge on any atom is 0.321 e. The van der Waals surface area contributed by atoms with Crippen molar-refractivity contribution in [3.63, 3.8) is 0 Å². The third kappa shape index (κ3) is 5.97. The Labute approximate surface area is 174 Å². The summed E-state index contributed by atoms with van der Waals surface area (Å²) >= 11 is 5.76. The number of rotatable bonds is 10. The first-order valence-electron chi connectivity index (χ1n) is 9.18. The van der Waals surface area contributed by atoms with Crippen LogP contribution >= 0.6 is 24.0 Å². The number of hydrogen-bond donors (Lipinski definition) is 0. The van der Waals surface area contributed by atoms with Crippen LogP contribution in [0.5, 0.6) is 0 Å². The van der Waals surface area contributed by atoms with Gasteiger partial charge >= 0.3 is 5.97 Å². The molecule has 0 bridgehead atoms. The van der Waals surface area contributed by atoms with E-state index in [1.54, 1.807) is 0 Å². The van der Waals surface area contributed by atoms with Crippen LogP contribution in [0.15, 0.2) is 60.7 Å². The predicted octanol–water partition coefficient (Wildman–Crippen LogP) is 4.91. The second-order valence-electron chi connectivity index (χ2n) is 6.52. The van der Waals surface area contributed by atoms with Gasteiger partial charge in [-0.15, -0.1) is 24.0 Å². The number of carbonyl (C=O) groups excluding carboxylic acids is 1. The molecule has 2 rings (SSSR count). The average molecular weight is 410 g/mol. The van der Waals surface area contributed by atoms with Crippen molar-refractivity contribution in [1.82, 2.24) is 4.90 Å². The van der Waals surface area contributed by atoms with Gasteiger partial charge < -0.3 is 9.64 Å². The van der Waals surface area contributed by atoms with E-state index in [9.17, 15) is 4.79 Å². The van der Waals surface area contributed by atoms with Crippen LogP contribution in [0.1, 0.15) is 30.9 Å². The van der Waals surface area contributed by atoms with Gasteiger partial charge in [-0.2, -0.15) is 0 Å². The van der Waals surface area contributed by atoms with Crippen molar-refractivity contribution < 1.29 is 9.53 Å². The monoisotopic (exact) mass is 409 g/mol. The normalized spacial score (nSPS) is 11.1. The molecule has 0 aliphatic rings. The Balaban J connectivity index is 0.00000364. The van der Waals surface area contributed by atoms with Crippen LogP contribution < -0.4 is 0 Å². The molecule has 0 saturated heterocycles. The highest BCUT2D eigenvalue weighted by Gasteiger charge is 2.42. The quantitative estimate of drug-likeness (QED) is 0.412. The van der Waals surface area contributed by atoms with Gasteiger partial charge in [-0.05, 0) is 24.6 Å². The number of hydrogen-bond acceptors (Lipinski definition) is 3. The summed E-state index contributed by atoms with van der Waals surface area (Å²) in [6, 6.07) is 19.9. The Bertz CT molecular complexity index is 625. The summed E-state index contributed by atoms with van der Waals surface area (Å²) in [6.07, 6.45) is 1.59. The lowest BCUT2D eigenvalue weighted by molar-refractivity contribution is -0.149. The Morgan fingerprint density at radius 2 is 1.52 bits per heavy atom. The average Bonchev–Trinajstić information content (AvgIpc) is 2.67. The molecule has 5 heteroatoms. The zero-order chi connectivity index (χ0) is 18.8. The minimum atomic E-state index is -0.775. The van der Waals surface area contributed by atoms with Crippen LogP contribution in [-0.4, -0.2) is 43.5 Å². The number of alkyl halides is 1. The van der Waals surface area contributed by atoms with E-state index in [1.807, 2.05) is 67.7 Å². The van der Waals surface area contributed by atoms with Crippen LogP contribution in [0.3, 0.4) is 0 Å². The van der Waals surface area contributed by atoms with E-state index >= 15 is 0 Å². The van der Waals surface area contributed by atoms with Gasteiger partial charge in [0.1, 0.15) is 12.0 Å². The molecule has 0 atom stereocenters. The molecule has 148 valence electrons. The fraction of sp³-hybridized carbons (Fsp3) is 0.409. The molecule has 3 nitrogen and oxygen atoms in total. The topological polar surface area (TPSA) is 29.5 Å². The van der Waals surface area contributed by atoms with E-state index in [1.165, 1.54) is 0 Å². The first-order chi connectivity index (χ1) is 12.6. The fourth-order valence-electron chi connectivity index (χ4n) is 3.29. The molecule has 0 spiro atoms. The Morgan fingerprint density at radius 1 is 1.00 bits per heavy atom. The van der Waals surface area contributed by atoms with Crippen LogP contribution in [0, 0.1) is 0 Å². The van der Waals surface area contributed by atoms with Gasteiger partial charge in [0.2, 0.25) is 0 Å². The lowest BCUT2D eigenvalue weighted by Gasteiger charge is -2.33. The van der Waals surface area contributed by atoms with Crippen molar-refractivity contribution >= 4 is 30.0 Å². The Kier molecular flexibility index (Phi) is 10.5. The number of likely N-dealkylation sites (N-methyl/N-ethyl adjacent to an activating group) is 1. The second-order valence-corrected chi connectivity index (χ2v) is 6.89. The number of carbonyl (C=O) groups is 1. The maximum atomic E-state index is 13.3. The Hall–Kier alpha value is -1.55. The molecular formula is C22H29Cl2NO2. The van der Waals surface area contributed by atoms with E-state index in [2.05, 4.69) is 11.8 Å². The first-order valence-corrected chi connectivity index (χ1v) is 9.71. The number of esters is 1. The highest BCUT2D eigenvalue weighted by molar-refractivity contribution is 6.18. The van der Waals surface area contributed by atoms with E-state index < -0.39 is 5.41 Å². The summed E-state index contributed by atoms with van der Waals surface area (Å²) in [5.41, 5.74) is 1.18. The predicted molar refractivity (Wildman–Crippen MR) is 115 cm³/mol. The van der Waals surface area contributed by atoms with Crippen molar-refractivity contribution in [1.29, 1.82) is 0 Å². The minimum absolute atomic E-state index is 0.